The molecule has 0 aliphatic carbocycles. The van der Waals surface area contributed by atoms with E-state index in [1.54, 1.807) is 19.1 Å². The van der Waals surface area contributed by atoms with Crippen LogP contribution in [0, 0.1) is 5.92 Å². The van der Waals surface area contributed by atoms with Gasteiger partial charge in [-0.1, -0.05) is 19.1 Å². The third kappa shape index (κ3) is 5.52. The van der Waals surface area contributed by atoms with Crippen LogP contribution in [0.1, 0.15) is 31.9 Å². The van der Waals surface area contributed by atoms with Gasteiger partial charge in [0.25, 0.3) is 0 Å². The summed E-state index contributed by atoms with van der Waals surface area (Å²) >= 11 is 0. The van der Waals surface area contributed by atoms with Crippen molar-refractivity contribution in [1.29, 1.82) is 0 Å². The Balaban J connectivity index is 2.62. The topological polar surface area (TPSA) is 64.4 Å². The minimum Gasteiger partial charge on any atom is -0.435 e. The van der Waals surface area contributed by atoms with Gasteiger partial charge in [0.1, 0.15) is 5.75 Å². The fraction of sp³-hybridized carbons (Fsp3) is 0.500. The highest BCUT2D eigenvalue weighted by molar-refractivity contribution is 5.76. The monoisotopic (exact) mass is 286 g/mol. The number of hydrogen-bond donors (Lipinski definition) is 2. The van der Waals surface area contributed by atoms with Crippen LogP contribution in [-0.4, -0.2) is 19.1 Å². The van der Waals surface area contributed by atoms with Crippen molar-refractivity contribution in [2.75, 3.05) is 6.54 Å². The summed E-state index contributed by atoms with van der Waals surface area (Å²) in [7, 11) is 0. The van der Waals surface area contributed by atoms with Crippen molar-refractivity contribution in [3.8, 4) is 5.75 Å². The first-order valence-electron chi connectivity index (χ1n) is 6.46. The molecule has 1 amide bonds. The fourth-order valence-electron chi connectivity index (χ4n) is 1.74. The Morgan fingerprint density at radius 2 is 2.10 bits per heavy atom. The Kier molecular flexibility index (Phi) is 6.38. The number of nitrogens with one attached hydrogen (secondary N) is 1. The highest BCUT2D eigenvalue weighted by Gasteiger charge is 2.13. The van der Waals surface area contributed by atoms with Gasteiger partial charge >= 0.3 is 6.61 Å². The molecule has 0 fully saturated rings. The standard InChI is InChI=1S/C14H20F2N2O2/c1-9(8-17)6-13(19)18-10(2)11-4-3-5-12(7-11)20-14(15)16/h3-5,7,9-10,14H,6,8,17H2,1-2H3,(H,18,19). The number of halogens is 2. The first kappa shape index (κ1) is 16.4. The summed E-state index contributed by atoms with van der Waals surface area (Å²) in [4.78, 5) is 11.7. The summed E-state index contributed by atoms with van der Waals surface area (Å²) in [5, 5.41) is 2.80. The van der Waals surface area contributed by atoms with E-state index in [-0.39, 0.29) is 23.6 Å². The Morgan fingerprint density at radius 1 is 1.40 bits per heavy atom. The smallest absolute Gasteiger partial charge is 0.387 e. The number of nitrogens with two attached hydrogens (primary N) is 1. The number of carbonyl (C=O) groups excluding carboxylic acids is 1. The second-order valence-electron chi connectivity index (χ2n) is 4.79. The van der Waals surface area contributed by atoms with E-state index in [4.69, 9.17) is 5.73 Å². The molecule has 0 aliphatic heterocycles. The Bertz CT molecular complexity index is 441. The van der Waals surface area contributed by atoms with E-state index in [9.17, 15) is 13.6 Å². The van der Waals surface area contributed by atoms with Crippen LogP contribution in [0.3, 0.4) is 0 Å². The zero-order chi connectivity index (χ0) is 15.1. The number of carbonyl (C=O) groups is 1. The lowest BCUT2D eigenvalue weighted by Gasteiger charge is -2.17. The SMILES string of the molecule is CC(CN)CC(=O)NC(C)c1cccc(OC(F)F)c1. The molecule has 20 heavy (non-hydrogen) atoms. The van der Waals surface area contributed by atoms with Gasteiger partial charge < -0.3 is 15.8 Å². The molecule has 3 N–H and O–H groups in total. The molecule has 1 aromatic carbocycles. The first-order valence-corrected chi connectivity index (χ1v) is 6.46. The lowest BCUT2D eigenvalue weighted by atomic mass is 10.1. The largest absolute Gasteiger partial charge is 0.435 e. The van der Waals surface area contributed by atoms with Crippen LogP contribution in [0.2, 0.25) is 0 Å². The van der Waals surface area contributed by atoms with E-state index in [2.05, 4.69) is 10.1 Å². The van der Waals surface area contributed by atoms with Gasteiger partial charge in [0.2, 0.25) is 5.91 Å². The average Bonchev–Trinajstić information content (AvgIpc) is 2.37. The van der Waals surface area contributed by atoms with Crippen molar-refractivity contribution >= 4 is 5.91 Å². The van der Waals surface area contributed by atoms with E-state index in [1.165, 1.54) is 12.1 Å². The molecule has 1 aromatic rings. The van der Waals surface area contributed by atoms with Crippen LogP contribution < -0.4 is 15.8 Å². The highest BCUT2D eigenvalue weighted by atomic mass is 19.3. The molecule has 2 atom stereocenters. The maximum absolute atomic E-state index is 12.1. The molecule has 0 radical (unpaired) electrons. The van der Waals surface area contributed by atoms with E-state index < -0.39 is 6.61 Å². The van der Waals surface area contributed by atoms with Crippen molar-refractivity contribution < 1.29 is 18.3 Å². The van der Waals surface area contributed by atoms with E-state index in [1.807, 2.05) is 6.92 Å². The summed E-state index contributed by atoms with van der Waals surface area (Å²) in [6.07, 6.45) is 0.341. The molecule has 0 saturated heterocycles. The van der Waals surface area contributed by atoms with Gasteiger partial charge in [-0.2, -0.15) is 8.78 Å². The van der Waals surface area contributed by atoms with Gasteiger partial charge in [0, 0.05) is 6.42 Å². The van der Waals surface area contributed by atoms with Gasteiger partial charge in [-0.15, -0.1) is 0 Å². The molecular formula is C14H20F2N2O2. The fourth-order valence-corrected chi connectivity index (χ4v) is 1.74. The number of benzene rings is 1. The predicted octanol–water partition coefficient (Wildman–Crippen LogP) is 2.45. The summed E-state index contributed by atoms with van der Waals surface area (Å²) in [5.74, 6) is 0.0697. The number of ether oxygens (including phenoxy) is 1. The third-order valence-electron chi connectivity index (χ3n) is 2.90. The van der Waals surface area contributed by atoms with Crippen molar-refractivity contribution in [1.82, 2.24) is 5.32 Å². The van der Waals surface area contributed by atoms with E-state index in [0.717, 1.165) is 0 Å². The average molecular weight is 286 g/mol. The van der Waals surface area contributed by atoms with Gasteiger partial charge in [-0.05, 0) is 37.1 Å². The minimum atomic E-state index is -2.86. The second kappa shape index (κ2) is 7.79. The van der Waals surface area contributed by atoms with Crippen LogP contribution in [0.5, 0.6) is 5.75 Å². The molecule has 2 unspecified atom stereocenters. The molecule has 0 aliphatic rings. The van der Waals surface area contributed by atoms with E-state index in [0.29, 0.717) is 18.5 Å². The number of hydrogen-bond acceptors (Lipinski definition) is 3. The van der Waals surface area contributed by atoms with Crippen molar-refractivity contribution in [2.45, 2.75) is 32.9 Å². The van der Waals surface area contributed by atoms with Crippen LogP contribution in [0.25, 0.3) is 0 Å². The summed E-state index contributed by atoms with van der Waals surface area (Å²) in [5.41, 5.74) is 6.17. The maximum Gasteiger partial charge on any atom is 0.387 e. The van der Waals surface area contributed by atoms with Crippen molar-refractivity contribution in [2.24, 2.45) is 11.7 Å². The molecule has 1 rings (SSSR count). The van der Waals surface area contributed by atoms with Gasteiger partial charge in [-0.25, -0.2) is 0 Å². The maximum atomic E-state index is 12.1. The Labute approximate surface area is 117 Å². The zero-order valence-electron chi connectivity index (χ0n) is 11.6. The molecule has 6 heteroatoms. The third-order valence-corrected chi connectivity index (χ3v) is 2.90. The molecular weight excluding hydrogens is 266 g/mol. The molecule has 0 spiro atoms. The predicted molar refractivity (Wildman–Crippen MR) is 72.5 cm³/mol. The normalized spacial score (nSPS) is 13.9. The summed E-state index contributed by atoms with van der Waals surface area (Å²) < 4.78 is 28.6. The minimum absolute atomic E-state index is 0.0777. The number of amides is 1. The molecule has 0 saturated carbocycles. The molecule has 4 nitrogen and oxygen atoms in total. The van der Waals surface area contributed by atoms with Crippen molar-refractivity contribution in [3.63, 3.8) is 0 Å². The second-order valence-corrected chi connectivity index (χ2v) is 4.79. The Hall–Kier alpha value is -1.69. The lowest BCUT2D eigenvalue weighted by Crippen LogP contribution is -2.29. The number of rotatable bonds is 7. The van der Waals surface area contributed by atoms with Crippen LogP contribution >= 0.6 is 0 Å². The lowest BCUT2D eigenvalue weighted by molar-refractivity contribution is -0.122. The van der Waals surface area contributed by atoms with Gasteiger partial charge in [0.15, 0.2) is 0 Å². The van der Waals surface area contributed by atoms with Crippen LogP contribution in [0.4, 0.5) is 8.78 Å². The van der Waals surface area contributed by atoms with Crippen molar-refractivity contribution in [3.05, 3.63) is 29.8 Å². The molecule has 0 heterocycles. The van der Waals surface area contributed by atoms with Gasteiger partial charge in [0.05, 0.1) is 6.04 Å². The summed E-state index contributed by atoms with van der Waals surface area (Å²) in [6.45, 7) is 1.26. The van der Waals surface area contributed by atoms with Crippen LogP contribution in [-0.2, 0) is 4.79 Å². The Morgan fingerprint density at radius 3 is 2.70 bits per heavy atom. The van der Waals surface area contributed by atoms with Gasteiger partial charge in [-0.3, -0.25) is 4.79 Å². The molecule has 0 bridgehead atoms. The van der Waals surface area contributed by atoms with E-state index >= 15 is 0 Å². The molecule has 112 valence electrons. The first-order chi connectivity index (χ1) is 9.42. The summed E-state index contributed by atoms with van der Waals surface area (Å²) in [6, 6.07) is 6.01. The quantitative estimate of drug-likeness (QED) is 0.809. The molecule has 0 aromatic heterocycles. The zero-order valence-corrected chi connectivity index (χ0v) is 11.6. The highest BCUT2D eigenvalue weighted by Crippen LogP contribution is 2.20. The number of alkyl halides is 2. The van der Waals surface area contributed by atoms with Crippen LogP contribution in [0.15, 0.2) is 24.3 Å².